The van der Waals surface area contributed by atoms with Gasteiger partial charge in [-0.3, -0.25) is 14.5 Å². The third-order valence-corrected chi connectivity index (χ3v) is 4.39. The summed E-state index contributed by atoms with van der Waals surface area (Å²) in [6.07, 6.45) is 6.40. The molecular formula is C21H21N3O2. The molecule has 2 aromatic heterocycles. The van der Waals surface area contributed by atoms with Crippen LogP contribution >= 0.6 is 0 Å². The highest BCUT2D eigenvalue weighted by atomic mass is 16.2. The molecule has 2 aromatic carbocycles. The molecule has 0 aliphatic heterocycles. The molecule has 26 heavy (non-hydrogen) atoms. The minimum absolute atomic E-state index is 0.0264. The summed E-state index contributed by atoms with van der Waals surface area (Å²) in [4.78, 5) is 17.6. The van der Waals surface area contributed by atoms with E-state index >= 15 is 0 Å². The van der Waals surface area contributed by atoms with E-state index < -0.39 is 0 Å². The SMILES string of the molecule is CCc1ccc2ccc3ncc(-c4cnn(C)c4)cc3c(=O)c2c1.CO. The normalized spacial score (nSPS) is 10.6. The second-order valence-electron chi connectivity index (χ2n) is 6.00. The quantitative estimate of drug-likeness (QED) is 0.604. The van der Waals surface area contributed by atoms with Crippen molar-refractivity contribution in [3.05, 3.63) is 70.8 Å². The first kappa shape index (κ1) is 17.8. The molecule has 0 radical (unpaired) electrons. The third kappa shape index (κ3) is 3.21. The first-order valence-electron chi connectivity index (χ1n) is 8.45. The number of aliphatic hydroxyl groups is 1. The van der Waals surface area contributed by atoms with Gasteiger partial charge in [-0.2, -0.15) is 5.10 Å². The van der Waals surface area contributed by atoms with Crippen molar-refractivity contribution in [2.75, 3.05) is 7.11 Å². The molecule has 132 valence electrons. The topological polar surface area (TPSA) is 68.0 Å². The van der Waals surface area contributed by atoms with Gasteiger partial charge in [0.05, 0.1) is 11.7 Å². The number of fused-ring (bicyclic) bond motifs is 2. The number of benzene rings is 1. The lowest BCUT2D eigenvalue weighted by molar-refractivity contribution is 0.399. The summed E-state index contributed by atoms with van der Waals surface area (Å²) in [6.45, 7) is 2.09. The first-order valence-corrected chi connectivity index (χ1v) is 8.45. The summed E-state index contributed by atoms with van der Waals surface area (Å²) in [7, 11) is 2.87. The summed E-state index contributed by atoms with van der Waals surface area (Å²) >= 11 is 0. The zero-order valence-corrected chi connectivity index (χ0v) is 15.1. The summed E-state index contributed by atoms with van der Waals surface area (Å²) in [6, 6.07) is 11.9. The van der Waals surface area contributed by atoms with E-state index in [1.165, 1.54) is 0 Å². The van der Waals surface area contributed by atoms with Crippen molar-refractivity contribution in [2.45, 2.75) is 13.3 Å². The van der Waals surface area contributed by atoms with Crippen LogP contribution in [-0.2, 0) is 13.5 Å². The highest BCUT2D eigenvalue weighted by Crippen LogP contribution is 2.22. The molecule has 4 rings (SSSR count). The molecule has 0 fully saturated rings. The van der Waals surface area contributed by atoms with Crippen LogP contribution in [0.4, 0.5) is 0 Å². The zero-order chi connectivity index (χ0) is 18.7. The second kappa shape index (κ2) is 7.45. The van der Waals surface area contributed by atoms with Crippen molar-refractivity contribution in [3.8, 4) is 11.1 Å². The standard InChI is InChI=1S/C20H17N3O.CH4O/c1-3-13-4-5-14-6-7-19-18(20(24)17(14)8-13)9-15(10-21-19)16-11-22-23(2)12-16;1-2/h4-12H,3H2,1-2H3;2H,1H3. The van der Waals surface area contributed by atoms with Gasteiger partial charge < -0.3 is 5.11 Å². The Kier molecular flexibility index (Phi) is 5.09. The largest absolute Gasteiger partial charge is 0.400 e. The van der Waals surface area contributed by atoms with Gasteiger partial charge in [0.15, 0.2) is 5.43 Å². The number of hydrogen-bond acceptors (Lipinski definition) is 4. The molecule has 0 atom stereocenters. The number of hydrogen-bond donors (Lipinski definition) is 1. The molecule has 4 aromatic rings. The van der Waals surface area contributed by atoms with Gasteiger partial charge in [0.1, 0.15) is 0 Å². The molecule has 0 unspecified atom stereocenters. The van der Waals surface area contributed by atoms with E-state index in [1.54, 1.807) is 17.1 Å². The maximum Gasteiger partial charge on any atom is 0.195 e. The van der Waals surface area contributed by atoms with Gasteiger partial charge in [0.25, 0.3) is 0 Å². The Labute approximate surface area is 151 Å². The minimum Gasteiger partial charge on any atom is -0.400 e. The van der Waals surface area contributed by atoms with E-state index in [0.29, 0.717) is 10.9 Å². The van der Waals surface area contributed by atoms with Crippen molar-refractivity contribution in [2.24, 2.45) is 7.05 Å². The minimum atomic E-state index is 0.0264. The van der Waals surface area contributed by atoms with E-state index in [9.17, 15) is 4.79 Å². The number of pyridine rings is 1. The summed E-state index contributed by atoms with van der Waals surface area (Å²) in [5, 5.41) is 13.5. The highest BCUT2D eigenvalue weighted by Gasteiger charge is 2.07. The van der Waals surface area contributed by atoms with E-state index in [-0.39, 0.29) is 5.43 Å². The molecule has 0 bridgehead atoms. The molecule has 0 aliphatic rings. The number of aromatic nitrogens is 3. The van der Waals surface area contributed by atoms with Gasteiger partial charge in [0, 0.05) is 48.5 Å². The fraction of sp³-hybridized carbons (Fsp3) is 0.190. The van der Waals surface area contributed by atoms with Crippen LogP contribution in [0.2, 0.25) is 0 Å². The third-order valence-electron chi connectivity index (χ3n) is 4.39. The highest BCUT2D eigenvalue weighted by molar-refractivity contribution is 5.93. The van der Waals surface area contributed by atoms with Crippen molar-refractivity contribution >= 4 is 21.7 Å². The van der Waals surface area contributed by atoms with Crippen LogP contribution in [0.5, 0.6) is 0 Å². The lowest BCUT2D eigenvalue weighted by Crippen LogP contribution is -2.00. The van der Waals surface area contributed by atoms with Crippen LogP contribution < -0.4 is 5.43 Å². The van der Waals surface area contributed by atoms with Crippen LogP contribution in [0.1, 0.15) is 12.5 Å². The van der Waals surface area contributed by atoms with E-state index in [1.807, 2.05) is 43.6 Å². The summed E-state index contributed by atoms with van der Waals surface area (Å²) in [5.74, 6) is 0. The second-order valence-corrected chi connectivity index (χ2v) is 6.00. The maximum atomic E-state index is 13.1. The Balaban J connectivity index is 0.000000948. The Morgan fingerprint density at radius 2 is 1.77 bits per heavy atom. The Morgan fingerprint density at radius 1 is 1.00 bits per heavy atom. The van der Waals surface area contributed by atoms with Crippen molar-refractivity contribution in [1.82, 2.24) is 14.8 Å². The van der Waals surface area contributed by atoms with Gasteiger partial charge >= 0.3 is 0 Å². The molecule has 0 saturated heterocycles. The van der Waals surface area contributed by atoms with E-state index in [0.717, 1.165) is 41.0 Å². The van der Waals surface area contributed by atoms with Crippen molar-refractivity contribution in [1.29, 1.82) is 0 Å². The van der Waals surface area contributed by atoms with Crippen molar-refractivity contribution in [3.63, 3.8) is 0 Å². The number of aryl methyl sites for hydroxylation is 2. The number of aliphatic hydroxyl groups excluding tert-OH is 1. The Hall–Kier alpha value is -3.05. The average molecular weight is 347 g/mol. The van der Waals surface area contributed by atoms with Crippen LogP contribution in [0.3, 0.4) is 0 Å². The van der Waals surface area contributed by atoms with E-state index in [2.05, 4.69) is 23.1 Å². The lowest BCUT2D eigenvalue weighted by atomic mass is 10.1. The fourth-order valence-corrected chi connectivity index (χ4v) is 3.00. The Bertz CT molecular complexity index is 1130. The molecule has 0 amide bonds. The van der Waals surface area contributed by atoms with Crippen LogP contribution in [0.15, 0.2) is 59.8 Å². The number of nitrogens with zero attached hydrogens (tertiary/aromatic N) is 3. The van der Waals surface area contributed by atoms with Crippen molar-refractivity contribution < 1.29 is 5.11 Å². The zero-order valence-electron chi connectivity index (χ0n) is 15.1. The van der Waals surface area contributed by atoms with Crippen LogP contribution in [0, 0.1) is 0 Å². The molecule has 5 nitrogen and oxygen atoms in total. The van der Waals surface area contributed by atoms with Gasteiger partial charge in [-0.25, -0.2) is 0 Å². The smallest absolute Gasteiger partial charge is 0.195 e. The lowest BCUT2D eigenvalue weighted by Gasteiger charge is -1.99. The molecule has 0 saturated carbocycles. The monoisotopic (exact) mass is 347 g/mol. The summed E-state index contributed by atoms with van der Waals surface area (Å²) in [5.41, 5.74) is 3.76. The predicted molar refractivity (Wildman–Crippen MR) is 105 cm³/mol. The maximum absolute atomic E-state index is 13.1. The molecule has 1 N–H and O–H groups in total. The van der Waals surface area contributed by atoms with Gasteiger partial charge in [-0.15, -0.1) is 0 Å². The van der Waals surface area contributed by atoms with E-state index in [4.69, 9.17) is 5.11 Å². The van der Waals surface area contributed by atoms with Crippen LogP contribution in [-0.4, -0.2) is 27.0 Å². The molecular weight excluding hydrogens is 326 g/mol. The Morgan fingerprint density at radius 3 is 2.46 bits per heavy atom. The van der Waals surface area contributed by atoms with Gasteiger partial charge in [-0.1, -0.05) is 25.1 Å². The number of rotatable bonds is 2. The predicted octanol–water partition coefficient (Wildman–Crippen LogP) is 3.32. The molecule has 2 heterocycles. The van der Waals surface area contributed by atoms with Gasteiger partial charge in [0.2, 0.25) is 0 Å². The molecule has 0 spiro atoms. The first-order chi connectivity index (χ1) is 12.7. The molecule has 0 aliphatic carbocycles. The fourth-order valence-electron chi connectivity index (χ4n) is 3.00. The van der Waals surface area contributed by atoms with Gasteiger partial charge in [-0.05, 0) is 35.6 Å². The average Bonchev–Trinajstić information content (AvgIpc) is 3.07. The molecule has 5 heteroatoms. The van der Waals surface area contributed by atoms with Crippen LogP contribution in [0.25, 0.3) is 32.8 Å². The summed E-state index contributed by atoms with van der Waals surface area (Å²) < 4.78 is 1.74.